The molecule has 0 aliphatic rings. The van der Waals surface area contributed by atoms with Crippen molar-refractivity contribution in [1.29, 1.82) is 0 Å². The zero-order valence-electron chi connectivity index (χ0n) is 23.9. The Kier molecular flexibility index (Phi) is 9.83. The number of carbonyl (C=O) groups excluding carboxylic acids is 2. The molecule has 0 saturated heterocycles. The molecule has 4 rings (SSSR count). The summed E-state index contributed by atoms with van der Waals surface area (Å²) >= 11 is 0. The third-order valence-corrected chi connectivity index (χ3v) is 6.10. The summed E-state index contributed by atoms with van der Waals surface area (Å²) in [6.45, 7) is 10.5. The molecule has 1 aromatic heterocycles. The molecule has 39 heavy (non-hydrogen) atoms. The summed E-state index contributed by atoms with van der Waals surface area (Å²) < 4.78 is 10.2. The molecule has 0 aliphatic heterocycles. The van der Waals surface area contributed by atoms with Crippen LogP contribution >= 0.6 is 0 Å². The van der Waals surface area contributed by atoms with Gasteiger partial charge in [0.15, 0.2) is 0 Å². The van der Waals surface area contributed by atoms with Crippen LogP contribution in [-0.4, -0.2) is 31.1 Å². The van der Waals surface area contributed by atoms with Crippen molar-refractivity contribution in [2.75, 3.05) is 19.1 Å². The molecular formula is C33H38N2O4. The van der Waals surface area contributed by atoms with Crippen molar-refractivity contribution in [3.63, 3.8) is 0 Å². The number of benzene rings is 3. The number of fused-ring (bicyclic) bond motifs is 1. The highest BCUT2D eigenvalue weighted by molar-refractivity contribution is 6.04. The fourth-order valence-corrected chi connectivity index (χ4v) is 4.24. The van der Waals surface area contributed by atoms with E-state index in [1.165, 1.54) is 7.11 Å². The number of aromatic nitrogens is 1. The lowest BCUT2D eigenvalue weighted by Gasteiger charge is -2.27. The van der Waals surface area contributed by atoms with Crippen molar-refractivity contribution in [2.45, 2.75) is 47.6 Å². The highest BCUT2D eigenvalue weighted by Crippen LogP contribution is 2.30. The monoisotopic (exact) mass is 526 g/mol. The third kappa shape index (κ3) is 7.44. The number of methoxy groups -OCH3 is 2. The maximum atomic E-state index is 13.6. The van der Waals surface area contributed by atoms with Crippen LogP contribution in [0.1, 0.15) is 57.0 Å². The molecule has 1 heterocycles. The number of hydrogen-bond donors (Lipinski definition) is 0. The first kappa shape index (κ1) is 29.4. The normalized spacial score (nSPS) is 10.8. The molecule has 6 nitrogen and oxygen atoms in total. The first-order chi connectivity index (χ1) is 18.7. The Labute approximate surface area is 231 Å². The average Bonchev–Trinajstić information content (AvgIpc) is 2.95. The molecular weight excluding hydrogens is 488 g/mol. The van der Waals surface area contributed by atoms with E-state index in [4.69, 9.17) is 9.47 Å². The molecule has 0 N–H and O–H groups in total. The van der Waals surface area contributed by atoms with Gasteiger partial charge in [0, 0.05) is 18.0 Å². The van der Waals surface area contributed by atoms with Crippen molar-refractivity contribution in [2.24, 2.45) is 5.41 Å². The Morgan fingerprint density at radius 1 is 0.872 bits per heavy atom. The van der Waals surface area contributed by atoms with Crippen LogP contribution < -0.4 is 9.64 Å². The quantitative estimate of drug-likeness (QED) is 0.231. The van der Waals surface area contributed by atoms with Crippen LogP contribution in [0.5, 0.6) is 5.75 Å². The number of rotatable bonds is 7. The molecule has 0 atom stereocenters. The molecule has 0 unspecified atom stereocenters. The van der Waals surface area contributed by atoms with Gasteiger partial charge in [0.05, 0.1) is 26.3 Å². The van der Waals surface area contributed by atoms with Gasteiger partial charge in [-0.2, -0.15) is 0 Å². The van der Waals surface area contributed by atoms with Crippen LogP contribution in [0.3, 0.4) is 0 Å². The second kappa shape index (κ2) is 13.1. The Hall–Kier alpha value is -4.19. The molecule has 3 aromatic carbocycles. The minimum Gasteiger partial charge on any atom is -0.497 e. The van der Waals surface area contributed by atoms with E-state index in [1.807, 2.05) is 83.1 Å². The zero-order valence-corrected chi connectivity index (χ0v) is 23.9. The van der Waals surface area contributed by atoms with Gasteiger partial charge < -0.3 is 9.47 Å². The van der Waals surface area contributed by atoms with E-state index >= 15 is 0 Å². The molecule has 0 aliphatic carbocycles. The van der Waals surface area contributed by atoms with Gasteiger partial charge in [0.25, 0.3) is 0 Å². The maximum Gasteiger partial charge on any atom is 0.337 e. The smallest absolute Gasteiger partial charge is 0.337 e. The van der Waals surface area contributed by atoms with Gasteiger partial charge in [-0.25, -0.2) is 9.78 Å². The highest BCUT2D eigenvalue weighted by atomic mass is 16.5. The summed E-state index contributed by atoms with van der Waals surface area (Å²) in [5, 5.41) is 1.61. The number of pyridine rings is 1. The lowest BCUT2D eigenvalue weighted by atomic mass is 9.91. The van der Waals surface area contributed by atoms with Gasteiger partial charge >= 0.3 is 5.97 Å². The van der Waals surface area contributed by atoms with Crippen molar-refractivity contribution in [3.05, 3.63) is 90.1 Å². The lowest BCUT2D eigenvalue weighted by molar-refractivity contribution is -0.120. The summed E-state index contributed by atoms with van der Waals surface area (Å²) in [4.78, 5) is 32.0. The fraction of sp³-hybridized carbons (Fsp3) is 0.303. The van der Waals surface area contributed by atoms with Crippen molar-refractivity contribution < 1.29 is 19.1 Å². The zero-order chi connectivity index (χ0) is 28.6. The van der Waals surface area contributed by atoms with Gasteiger partial charge in [0.2, 0.25) is 5.91 Å². The second-order valence-corrected chi connectivity index (χ2v) is 10.2. The van der Waals surface area contributed by atoms with Crippen LogP contribution in [0.2, 0.25) is 0 Å². The number of anilines is 1. The van der Waals surface area contributed by atoms with Gasteiger partial charge in [-0.1, -0.05) is 71.0 Å². The molecule has 0 spiro atoms. The summed E-state index contributed by atoms with van der Waals surface area (Å²) in [5.74, 6) is 0.955. The molecule has 4 aromatic rings. The van der Waals surface area contributed by atoms with Crippen molar-refractivity contribution in [3.8, 4) is 16.9 Å². The molecule has 0 saturated carbocycles. The SMILES string of the molecule is CC.COC(=O)c1ccc2c(N(Cc3ccc(-c4cccc(OC)c4)cc3)C(=O)CC(C)(C)C)nccc2c1. The summed E-state index contributed by atoms with van der Waals surface area (Å²) in [6, 6.07) is 23.2. The number of carbonyl (C=O) groups is 2. The van der Waals surface area contributed by atoms with Crippen LogP contribution in [-0.2, 0) is 16.1 Å². The predicted octanol–water partition coefficient (Wildman–Crippen LogP) is 7.69. The Morgan fingerprint density at radius 3 is 2.23 bits per heavy atom. The number of nitrogens with zero attached hydrogens (tertiary/aromatic N) is 2. The van der Waals surface area contributed by atoms with Gasteiger partial charge in [-0.15, -0.1) is 0 Å². The van der Waals surface area contributed by atoms with E-state index in [0.29, 0.717) is 24.3 Å². The third-order valence-electron chi connectivity index (χ3n) is 6.10. The van der Waals surface area contributed by atoms with Crippen LogP contribution in [0.25, 0.3) is 21.9 Å². The summed E-state index contributed by atoms with van der Waals surface area (Å²) in [5.41, 5.74) is 3.37. The van der Waals surface area contributed by atoms with Crippen LogP contribution in [0.15, 0.2) is 79.0 Å². The number of ether oxygens (including phenoxy) is 2. The van der Waals surface area contributed by atoms with E-state index in [-0.39, 0.29) is 11.3 Å². The number of esters is 1. The lowest BCUT2D eigenvalue weighted by Crippen LogP contribution is -2.34. The van der Waals surface area contributed by atoms with Gasteiger partial charge in [0.1, 0.15) is 11.6 Å². The largest absolute Gasteiger partial charge is 0.497 e. The minimum absolute atomic E-state index is 0.0126. The van der Waals surface area contributed by atoms with Crippen LogP contribution in [0.4, 0.5) is 5.82 Å². The first-order valence-corrected chi connectivity index (χ1v) is 13.2. The Balaban J connectivity index is 0.00000205. The van der Waals surface area contributed by atoms with E-state index < -0.39 is 5.97 Å². The molecule has 0 fully saturated rings. The second-order valence-electron chi connectivity index (χ2n) is 10.2. The maximum absolute atomic E-state index is 13.6. The van der Waals surface area contributed by atoms with Crippen LogP contribution in [0, 0.1) is 5.41 Å². The standard InChI is InChI=1S/C31H32N2O4.C2H6/c1-31(2,3)19-28(34)33(29-27-14-13-25(30(35)37-5)17-24(27)15-16-32-29)20-21-9-11-22(12-10-21)23-7-6-8-26(18-23)36-4;1-2/h6-18H,19-20H2,1-5H3;1-2H3. The van der Waals surface area contributed by atoms with E-state index in [9.17, 15) is 9.59 Å². The Morgan fingerprint density at radius 2 is 1.59 bits per heavy atom. The highest BCUT2D eigenvalue weighted by Gasteiger charge is 2.25. The van der Waals surface area contributed by atoms with E-state index in [2.05, 4.69) is 17.1 Å². The van der Waals surface area contributed by atoms with Crippen molar-refractivity contribution >= 4 is 28.5 Å². The number of amides is 1. The first-order valence-electron chi connectivity index (χ1n) is 13.2. The molecule has 0 radical (unpaired) electrons. The number of hydrogen-bond acceptors (Lipinski definition) is 5. The minimum atomic E-state index is -0.406. The molecule has 204 valence electrons. The molecule has 0 bridgehead atoms. The fourth-order valence-electron chi connectivity index (χ4n) is 4.24. The average molecular weight is 527 g/mol. The summed E-state index contributed by atoms with van der Waals surface area (Å²) in [7, 11) is 3.01. The van der Waals surface area contributed by atoms with Crippen molar-refractivity contribution in [1.82, 2.24) is 4.98 Å². The summed E-state index contributed by atoms with van der Waals surface area (Å²) in [6.07, 6.45) is 2.04. The van der Waals surface area contributed by atoms with E-state index in [0.717, 1.165) is 33.2 Å². The topological polar surface area (TPSA) is 68.7 Å². The van der Waals surface area contributed by atoms with E-state index in [1.54, 1.807) is 30.3 Å². The Bertz CT molecular complexity index is 1420. The molecule has 6 heteroatoms. The molecule has 1 amide bonds. The van der Waals surface area contributed by atoms with Gasteiger partial charge in [-0.05, 0) is 63.9 Å². The predicted molar refractivity (Wildman–Crippen MR) is 158 cm³/mol. The van der Waals surface area contributed by atoms with Gasteiger partial charge in [-0.3, -0.25) is 9.69 Å².